The lowest BCUT2D eigenvalue weighted by Crippen LogP contribution is -2.47. The summed E-state index contributed by atoms with van der Waals surface area (Å²) in [5.74, 6) is 0.218. The van der Waals surface area contributed by atoms with E-state index in [4.69, 9.17) is 14.2 Å². The Morgan fingerprint density at radius 3 is 1.43 bits per heavy atom. The van der Waals surface area contributed by atoms with Gasteiger partial charge in [-0.25, -0.2) is 0 Å². The van der Waals surface area contributed by atoms with E-state index < -0.39 is 18.1 Å². The summed E-state index contributed by atoms with van der Waals surface area (Å²) < 4.78 is 15.3. The fourth-order valence-corrected chi connectivity index (χ4v) is 5.75. The maximum Gasteiger partial charge on any atom is 0.323 e. The molecule has 0 amide bonds. The van der Waals surface area contributed by atoms with Gasteiger partial charge in [-0.05, 0) is 97.3 Å². The maximum atomic E-state index is 12.4. The first-order valence-corrected chi connectivity index (χ1v) is 14.3. The van der Waals surface area contributed by atoms with Crippen LogP contribution in [0.5, 0.6) is 0 Å². The number of carbonyl (C=O) groups excluding carboxylic acids is 4. The Balaban J connectivity index is 1.75. The Labute approximate surface area is 222 Å². The first-order chi connectivity index (χ1) is 17.7. The van der Waals surface area contributed by atoms with Crippen LogP contribution < -0.4 is 10.6 Å². The van der Waals surface area contributed by atoms with Crippen molar-refractivity contribution in [2.45, 2.75) is 122 Å². The van der Waals surface area contributed by atoms with Crippen molar-refractivity contribution in [2.75, 3.05) is 19.8 Å². The van der Waals surface area contributed by atoms with Crippen LogP contribution in [0.2, 0.25) is 0 Å². The monoisotopic (exact) mass is 524 g/mol. The largest absolute Gasteiger partial charge is 0.466 e. The third-order valence-corrected chi connectivity index (χ3v) is 7.54. The summed E-state index contributed by atoms with van der Waals surface area (Å²) in [6.07, 6.45) is 9.79. The van der Waals surface area contributed by atoms with Gasteiger partial charge in [0.05, 0.1) is 26.2 Å². The number of esters is 3. The van der Waals surface area contributed by atoms with E-state index in [1.54, 1.807) is 20.8 Å². The molecule has 0 radical (unpaired) electrons. The molecule has 0 aliphatic heterocycles. The minimum atomic E-state index is -0.662. The van der Waals surface area contributed by atoms with Crippen LogP contribution in [-0.4, -0.2) is 67.7 Å². The standard InChI is InChI=1S/C28H48N2O7/c1-5-35-26(32)18-25(28(34)37-7-3)30-23-14-10-21(11-15-23)17-20-8-12-22(13-9-20)29-24(16-19(4)31)27(33)36-6-2/h20-25,29-30H,5-18H2,1-4H3. The molecule has 37 heavy (non-hydrogen) atoms. The third-order valence-electron chi connectivity index (χ3n) is 7.54. The van der Waals surface area contributed by atoms with Crippen molar-refractivity contribution >= 4 is 23.7 Å². The number of rotatable bonds is 15. The minimum absolute atomic E-state index is 0.00663. The number of ketones is 1. The van der Waals surface area contributed by atoms with E-state index in [2.05, 4.69) is 10.6 Å². The van der Waals surface area contributed by atoms with Crippen LogP contribution in [0.3, 0.4) is 0 Å². The number of nitrogens with one attached hydrogen (secondary N) is 2. The number of ether oxygens (including phenoxy) is 3. The molecule has 0 spiro atoms. The first-order valence-electron chi connectivity index (χ1n) is 14.3. The predicted molar refractivity (Wildman–Crippen MR) is 140 cm³/mol. The second kappa shape index (κ2) is 16.8. The zero-order valence-electron chi connectivity index (χ0n) is 23.2. The Bertz CT molecular complexity index is 728. The predicted octanol–water partition coefficient (Wildman–Crippen LogP) is 3.47. The molecule has 2 unspecified atom stereocenters. The summed E-state index contributed by atoms with van der Waals surface area (Å²) in [6, 6.07) is -0.779. The molecule has 0 aromatic rings. The van der Waals surface area contributed by atoms with Crippen LogP contribution in [-0.2, 0) is 33.4 Å². The van der Waals surface area contributed by atoms with Crippen molar-refractivity contribution in [2.24, 2.45) is 11.8 Å². The van der Waals surface area contributed by atoms with Crippen molar-refractivity contribution < 1.29 is 33.4 Å². The van der Waals surface area contributed by atoms with E-state index in [0.29, 0.717) is 25.0 Å². The van der Waals surface area contributed by atoms with Gasteiger partial charge in [0.2, 0.25) is 0 Å². The molecule has 2 atom stereocenters. The highest BCUT2D eigenvalue weighted by Gasteiger charge is 2.32. The lowest BCUT2D eigenvalue weighted by molar-refractivity contribution is -0.152. The van der Waals surface area contributed by atoms with Crippen LogP contribution >= 0.6 is 0 Å². The molecule has 2 N–H and O–H groups in total. The molecular weight excluding hydrogens is 476 g/mol. The van der Waals surface area contributed by atoms with E-state index in [0.717, 1.165) is 51.4 Å². The van der Waals surface area contributed by atoms with Crippen molar-refractivity contribution in [1.82, 2.24) is 10.6 Å². The van der Waals surface area contributed by atoms with E-state index >= 15 is 0 Å². The van der Waals surface area contributed by atoms with Gasteiger partial charge in [0.25, 0.3) is 0 Å². The number of hydrogen-bond acceptors (Lipinski definition) is 9. The average Bonchev–Trinajstić information content (AvgIpc) is 2.85. The zero-order valence-corrected chi connectivity index (χ0v) is 23.2. The molecule has 2 saturated carbocycles. The van der Waals surface area contributed by atoms with Gasteiger partial charge in [-0.2, -0.15) is 0 Å². The summed E-state index contributed by atoms with van der Waals surface area (Å²) in [5.41, 5.74) is 0. The molecule has 0 saturated heterocycles. The quantitative estimate of drug-likeness (QED) is 0.245. The van der Waals surface area contributed by atoms with Crippen LogP contribution in [0.1, 0.15) is 98.3 Å². The lowest BCUT2D eigenvalue weighted by atomic mass is 9.75. The second-order valence-electron chi connectivity index (χ2n) is 10.5. The fraction of sp³-hybridized carbons (Fsp3) is 0.857. The Morgan fingerprint density at radius 1 is 0.649 bits per heavy atom. The molecular formula is C28H48N2O7. The molecule has 0 heterocycles. The lowest BCUT2D eigenvalue weighted by Gasteiger charge is -2.36. The van der Waals surface area contributed by atoms with Crippen molar-refractivity contribution in [3.8, 4) is 0 Å². The van der Waals surface area contributed by atoms with E-state index in [1.807, 2.05) is 0 Å². The van der Waals surface area contributed by atoms with Gasteiger partial charge in [-0.3, -0.25) is 19.2 Å². The highest BCUT2D eigenvalue weighted by molar-refractivity contribution is 5.85. The highest BCUT2D eigenvalue weighted by Crippen LogP contribution is 2.35. The second-order valence-corrected chi connectivity index (χ2v) is 10.5. The third kappa shape index (κ3) is 11.5. The van der Waals surface area contributed by atoms with Crippen LogP contribution in [0.4, 0.5) is 0 Å². The summed E-state index contributed by atoms with van der Waals surface area (Å²) in [5, 5.41) is 6.75. The summed E-state index contributed by atoms with van der Waals surface area (Å²) in [4.78, 5) is 48.2. The van der Waals surface area contributed by atoms with E-state index in [1.165, 1.54) is 13.3 Å². The average molecular weight is 525 g/mol. The molecule has 212 valence electrons. The van der Waals surface area contributed by atoms with Gasteiger partial charge in [-0.15, -0.1) is 0 Å². The molecule has 0 aromatic heterocycles. The molecule has 0 aromatic carbocycles. The Morgan fingerprint density at radius 2 is 1.05 bits per heavy atom. The summed E-state index contributed by atoms with van der Waals surface area (Å²) in [6.45, 7) is 7.69. The number of Topliss-reactive ketones (excluding diaryl/α,β-unsaturated/α-hetero) is 1. The van der Waals surface area contributed by atoms with Gasteiger partial charge >= 0.3 is 17.9 Å². The van der Waals surface area contributed by atoms with Gasteiger partial charge in [0, 0.05) is 18.5 Å². The van der Waals surface area contributed by atoms with Crippen LogP contribution in [0.15, 0.2) is 0 Å². The van der Waals surface area contributed by atoms with Crippen molar-refractivity contribution in [3.63, 3.8) is 0 Å². The highest BCUT2D eigenvalue weighted by atomic mass is 16.5. The zero-order chi connectivity index (χ0) is 27.2. The smallest absolute Gasteiger partial charge is 0.323 e. The van der Waals surface area contributed by atoms with Gasteiger partial charge < -0.3 is 24.8 Å². The summed E-state index contributed by atoms with van der Waals surface area (Å²) >= 11 is 0. The van der Waals surface area contributed by atoms with Gasteiger partial charge in [0.15, 0.2) is 0 Å². The molecule has 2 fully saturated rings. The molecule has 2 aliphatic rings. The molecule has 9 nitrogen and oxygen atoms in total. The molecule has 2 aliphatic carbocycles. The molecule has 9 heteroatoms. The van der Waals surface area contributed by atoms with Crippen LogP contribution in [0.25, 0.3) is 0 Å². The summed E-state index contributed by atoms with van der Waals surface area (Å²) in [7, 11) is 0. The normalized spacial score (nSPS) is 25.5. The van der Waals surface area contributed by atoms with E-state index in [9.17, 15) is 19.2 Å². The van der Waals surface area contributed by atoms with Crippen molar-refractivity contribution in [3.05, 3.63) is 0 Å². The Kier molecular flexibility index (Phi) is 14.1. The number of carbonyl (C=O) groups is 4. The number of hydrogen-bond donors (Lipinski definition) is 2. The molecule has 2 rings (SSSR count). The van der Waals surface area contributed by atoms with Gasteiger partial charge in [-0.1, -0.05) is 0 Å². The van der Waals surface area contributed by atoms with Gasteiger partial charge in [0.1, 0.15) is 17.9 Å². The SMILES string of the molecule is CCOC(=O)CC(NC1CCC(CC2CCC(NC(CC(C)=O)C(=O)OCC)CC2)CC1)C(=O)OCC. The molecule has 0 bridgehead atoms. The van der Waals surface area contributed by atoms with E-state index in [-0.39, 0.29) is 49.3 Å². The van der Waals surface area contributed by atoms with Crippen molar-refractivity contribution in [1.29, 1.82) is 0 Å². The Hall–Kier alpha value is -2.00. The van der Waals surface area contributed by atoms with Crippen LogP contribution in [0, 0.1) is 11.8 Å². The first kappa shape index (κ1) is 31.2. The maximum absolute atomic E-state index is 12.4. The topological polar surface area (TPSA) is 120 Å². The minimum Gasteiger partial charge on any atom is -0.466 e. The fourth-order valence-electron chi connectivity index (χ4n) is 5.75.